The van der Waals surface area contributed by atoms with Gasteiger partial charge in [-0.1, -0.05) is 67.4 Å². The predicted octanol–water partition coefficient (Wildman–Crippen LogP) is 7.72. The molecule has 1 heterocycles. The van der Waals surface area contributed by atoms with Gasteiger partial charge in [-0.2, -0.15) is 0 Å². The first-order chi connectivity index (χ1) is 22.9. The molecule has 0 saturated carbocycles. The molecule has 4 aromatic rings. The number of hydrogen-bond donors (Lipinski definition) is 3. The number of thiophene rings is 1. The lowest BCUT2D eigenvalue weighted by Gasteiger charge is -2.12. The van der Waals surface area contributed by atoms with Crippen molar-refractivity contribution in [1.29, 1.82) is 0 Å². The summed E-state index contributed by atoms with van der Waals surface area (Å²) in [5.74, 6) is -1.41. The van der Waals surface area contributed by atoms with Crippen molar-refractivity contribution in [3.05, 3.63) is 118 Å². The molecule has 0 atom stereocenters. The van der Waals surface area contributed by atoms with Crippen LogP contribution in [0.1, 0.15) is 69.3 Å². The summed E-state index contributed by atoms with van der Waals surface area (Å²) in [6, 6.07) is 25.1. The first-order valence-electron chi connectivity index (χ1n) is 15.7. The smallest absolute Gasteiger partial charge is 0.341 e. The van der Waals surface area contributed by atoms with Crippen LogP contribution in [-0.2, 0) is 27.2 Å². The number of hydrogen-bond acceptors (Lipinski definition) is 7. The van der Waals surface area contributed by atoms with Crippen LogP contribution in [0.3, 0.4) is 0 Å². The highest BCUT2D eigenvalue weighted by atomic mass is 32.2. The van der Waals surface area contributed by atoms with E-state index in [1.807, 2.05) is 42.5 Å². The van der Waals surface area contributed by atoms with Crippen molar-refractivity contribution in [2.24, 2.45) is 0 Å². The monoisotopic (exact) mass is 667 g/mol. The minimum absolute atomic E-state index is 0.0879. The second-order valence-electron chi connectivity index (χ2n) is 11.0. The standard InChI is InChI=1S/C37H37N3O5S2/c1-2-45-37(44)33-29-20-11-3-4-12-21-31(29)47-36(33)40-32(41)24-46-28-19-13-18-27(23-28)38-35(43)30(22-25-14-7-5-8-15-25)39-34(42)26-16-9-6-10-17-26/h5-10,13-19,22-23H,2-4,11-12,20-21,24H2,1H3,(H,38,43)(H,39,42)(H,40,41)/b30-22-. The van der Waals surface area contributed by atoms with E-state index in [2.05, 4.69) is 16.0 Å². The van der Waals surface area contributed by atoms with E-state index in [1.54, 1.807) is 55.5 Å². The number of fused-ring (bicyclic) bond motifs is 1. The molecule has 242 valence electrons. The quantitative estimate of drug-likeness (QED) is 0.0858. The maximum Gasteiger partial charge on any atom is 0.341 e. The Kier molecular flexibility index (Phi) is 12.0. The Labute approximate surface area is 283 Å². The Morgan fingerprint density at radius 1 is 0.851 bits per heavy atom. The van der Waals surface area contributed by atoms with Gasteiger partial charge in [0.2, 0.25) is 5.91 Å². The molecule has 0 bridgehead atoms. The zero-order valence-corrected chi connectivity index (χ0v) is 27.8. The van der Waals surface area contributed by atoms with Crippen molar-refractivity contribution < 1.29 is 23.9 Å². The first kappa shape index (κ1) is 33.7. The van der Waals surface area contributed by atoms with E-state index < -0.39 is 17.8 Å². The summed E-state index contributed by atoms with van der Waals surface area (Å²) in [4.78, 5) is 54.3. The van der Waals surface area contributed by atoms with Crippen molar-refractivity contribution in [3.63, 3.8) is 0 Å². The van der Waals surface area contributed by atoms with Crippen LogP contribution in [0.15, 0.2) is 95.5 Å². The van der Waals surface area contributed by atoms with Gasteiger partial charge in [0.05, 0.1) is 17.9 Å². The minimum Gasteiger partial charge on any atom is -0.462 e. The molecule has 0 fully saturated rings. The third-order valence-electron chi connectivity index (χ3n) is 7.51. The molecule has 8 nitrogen and oxygen atoms in total. The summed E-state index contributed by atoms with van der Waals surface area (Å²) in [6.07, 6.45) is 7.69. The molecule has 1 aliphatic rings. The number of benzene rings is 3. The highest BCUT2D eigenvalue weighted by Crippen LogP contribution is 2.38. The molecule has 10 heteroatoms. The summed E-state index contributed by atoms with van der Waals surface area (Å²) < 4.78 is 5.36. The Balaban J connectivity index is 1.26. The molecular formula is C37H37N3O5S2. The molecule has 0 aliphatic heterocycles. The SMILES string of the molecule is CCOC(=O)c1c(NC(=O)CSc2cccc(NC(=O)/C(=C/c3ccccc3)NC(=O)c3ccccc3)c2)sc2c1CCCCCC2. The van der Waals surface area contributed by atoms with Crippen LogP contribution >= 0.6 is 23.1 Å². The van der Waals surface area contributed by atoms with E-state index in [1.165, 1.54) is 23.1 Å². The van der Waals surface area contributed by atoms with Crippen molar-refractivity contribution in [2.75, 3.05) is 23.0 Å². The summed E-state index contributed by atoms with van der Waals surface area (Å²) in [6.45, 7) is 2.04. The van der Waals surface area contributed by atoms with Gasteiger partial charge in [-0.25, -0.2) is 4.79 Å². The van der Waals surface area contributed by atoms with Crippen LogP contribution in [0.25, 0.3) is 6.08 Å². The second-order valence-corrected chi connectivity index (χ2v) is 13.1. The van der Waals surface area contributed by atoms with Gasteiger partial charge in [-0.3, -0.25) is 14.4 Å². The molecule has 3 N–H and O–H groups in total. The van der Waals surface area contributed by atoms with Gasteiger partial charge in [0.15, 0.2) is 0 Å². The molecule has 47 heavy (non-hydrogen) atoms. The van der Waals surface area contributed by atoms with Gasteiger partial charge < -0.3 is 20.7 Å². The Bertz CT molecular complexity index is 1750. The third kappa shape index (κ3) is 9.43. The topological polar surface area (TPSA) is 114 Å². The molecule has 1 aromatic heterocycles. The fourth-order valence-electron chi connectivity index (χ4n) is 5.26. The summed E-state index contributed by atoms with van der Waals surface area (Å²) in [5, 5.41) is 9.14. The third-order valence-corrected chi connectivity index (χ3v) is 9.71. The number of ether oxygens (including phenoxy) is 1. The largest absolute Gasteiger partial charge is 0.462 e. The number of nitrogens with one attached hydrogen (secondary N) is 3. The van der Waals surface area contributed by atoms with E-state index >= 15 is 0 Å². The fourth-order valence-corrected chi connectivity index (χ4v) is 7.31. The number of carbonyl (C=O) groups is 4. The maximum atomic E-state index is 13.4. The predicted molar refractivity (Wildman–Crippen MR) is 189 cm³/mol. The maximum absolute atomic E-state index is 13.4. The Hall–Kier alpha value is -4.67. The van der Waals surface area contributed by atoms with Gasteiger partial charge >= 0.3 is 5.97 Å². The first-order valence-corrected chi connectivity index (χ1v) is 17.5. The molecule has 0 saturated heterocycles. The normalized spacial score (nSPS) is 13.0. The van der Waals surface area contributed by atoms with Crippen molar-refractivity contribution in [2.45, 2.75) is 50.3 Å². The van der Waals surface area contributed by atoms with Crippen LogP contribution in [-0.4, -0.2) is 36.1 Å². The molecular weight excluding hydrogens is 631 g/mol. The highest BCUT2D eigenvalue weighted by Gasteiger charge is 2.26. The summed E-state index contributed by atoms with van der Waals surface area (Å²) in [7, 11) is 0. The molecule has 0 spiro atoms. The number of anilines is 2. The minimum atomic E-state index is -0.488. The van der Waals surface area contributed by atoms with Gasteiger partial charge in [-0.15, -0.1) is 23.1 Å². The summed E-state index contributed by atoms with van der Waals surface area (Å²) in [5.41, 5.74) is 3.29. The van der Waals surface area contributed by atoms with E-state index in [-0.39, 0.29) is 24.0 Å². The fraction of sp³-hybridized carbons (Fsp3) is 0.243. The average molecular weight is 668 g/mol. The van der Waals surface area contributed by atoms with Crippen molar-refractivity contribution in [1.82, 2.24) is 5.32 Å². The molecule has 3 aromatic carbocycles. The molecule has 3 amide bonds. The van der Waals surface area contributed by atoms with Crippen LogP contribution in [0.5, 0.6) is 0 Å². The van der Waals surface area contributed by atoms with Crippen molar-refractivity contribution in [3.8, 4) is 0 Å². The van der Waals surface area contributed by atoms with Gasteiger partial charge in [0, 0.05) is 21.0 Å². The van der Waals surface area contributed by atoms with E-state index in [9.17, 15) is 19.2 Å². The lowest BCUT2D eigenvalue weighted by atomic mass is 9.96. The Morgan fingerprint density at radius 3 is 2.32 bits per heavy atom. The molecule has 1 aliphatic carbocycles. The van der Waals surface area contributed by atoms with Gasteiger partial charge in [0.25, 0.3) is 11.8 Å². The lowest BCUT2D eigenvalue weighted by Crippen LogP contribution is -2.30. The molecule has 5 rings (SSSR count). The summed E-state index contributed by atoms with van der Waals surface area (Å²) >= 11 is 2.79. The van der Waals surface area contributed by atoms with Crippen LogP contribution in [0.4, 0.5) is 10.7 Å². The second kappa shape index (κ2) is 16.8. The number of rotatable bonds is 11. The van der Waals surface area contributed by atoms with Crippen molar-refractivity contribution >= 4 is 63.6 Å². The molecule has 0 unspecified atom stereocenters. The van der Waals surface area contributed by atoms with E-state index in [0.29, 0.717) is 21.8 Å². The van der Waals surface area contributed by atoms with Gasteiger partial charge in [-0.05, 0) is 80.1 Å². The van der Waals surface area contributed by atoms with Crippen LogP contribution in [0, 0.1) is 0 Å². The van der Waals surface area contributed by atoms with Crippen LogP contribution in [0.2, 0.25) is 0 Å². The zero-order valence-electron chi connectivity index (χ0n) is 26.2. The average Bonchev–Trinajstić information content (AvgIpc) is 3.39. The van der Waals surface area contributed by atoms with E-state index in [0.717, 1.165) is 59.4 Å². The highest BCUT2D eigenvalue weighted by molar-refractivity contribution is 8.00. The van der Waals surface area contributed by atoms with Crippen LogP contribution < -0.4 is 16.0 Å². The number of esters is 1. The van der Waals surface area contributed by atoms with E-state index in [4.69, 9.17) is 4.74 Å². The Morgan fingerprint density at radius 2 is 1.57 bits per heavy atom. The number of thioether (sulfide) groups is 1. The number of amides is 3. The van der Waals surface area contributed by atoms with Gasteiger partial charge in [0.1, 0.15) is 10.7 Å². The number of carbonyl (C=O) groups excluding carboxylic acids is 4. The zero-order chi connectivity index (χ0) is 33.0. The molecule has 0 radical (unpaired) electrons. The number of aryl methyl sites for hydroxylation is 1. The lowest BCUT2D eigenvalue weighted by molar-refractivity contribution is -0.114.